The summed E-state index contributed by atoms with van der Waals surface area (Å²) in [6.07, 6.45) is 6.53. The third kappa shape index (κ3) is 5.32. The zero-order valence-electron chi connectivity index (χ0n) is 21.6. The number of methoxy groups -OCH3 is 1. The Labute approximate surface area is 228 Å². The van der Waals surface area contributed by atoms with Gasteiger partial charge in [0.1, 0.15) is 39.6 Å². The molecule has 0 aliphatic rings. The molecule has 4 heterocycles. The number of allylic oxidation sites excluding steroid dienone is 4. The Morgan fingerprint density at radius 2 is 2.03 bits per heavy atom. The Balaban J connectivity index is 1.41. The number of rotatable bonds is 9. The van der Waals surface area contributed by atoms with Crippen molar-refractivity contribution in [3.05, 3.63) is 82.3 Å². The topological polar surface area (TPSA) is 94.7 Å². The number of aromatic nitrogens is 5. The fraction of sp³-hybridized carbons (Fsp3) is 0.214. The predicted octanol–water partition coefficient (Wildman–Crippen LogP) is 7.17. The second-order valence-corrected chi connectivity index (χ2v) is 10.5. The molecule has 5 rings (SSSR count). The second kappa shape index (κ2) is 10.8. The number of aliphatic hydroxyl groups excluding tert-OH is 1. The number of thiazole rings is 2. The Hall–Kier alpha value is -4.02. The molecular weight excluding hydrogens is 518 g/mol. The zero-order chi connectivity index (χ0) is 26.8. The standard InChI is InChI=1S/C28H27N5O3S2/c1-6-19(9-7-16(2)18(4)34)27-29-20(15-37-27)14-36-24-12-21(35-5)11-22-26(24)38-28(31-22)23-13-33-25(30-23)10-8-17(3)32-33/h7-13,15,34H,4,6,14H2,1-3,5H3/b16-7+,19-9+. The van der Waals surface area contributed by atoms with Crippen LogP contribution in [-0.2, 0) is 6.61 Å². The van der Waals surface area contributed by atoms with Gasteiger partial charge < -0.3 is 14.6 Å². The third-order valence-corrected chi connectivity index (χ3v) is 7.99. The van der Waals surface area contributed by atoms with Crippen LogP contribution in [0.15, 0.2) is 65.9 Å². The van der Waals surface area contributed by atoms with Crippen LogP contribution in [-0.4, -0.2) is 36.8 Å². The van der Waals surface area contributed by atoms with Crippen molar-refractivity contribution < 1.29 is 14.6 Å². The molecule has 0 saturated carbocycles. The first-order chi connectivity index (χ1) is 18.3. The maximum atomic E-state index is 9.54. The first-order valence-electron chi connectivity index (χ1n) is 12.0. The predicted molar refractivity (Wildman–Crippen MR) is 153 cm³/mol. The summed E-state index contributed by atoms with van der Waals surface area (Å²) in [6.45, 7) is 9.72. The van der Waals surface area contributed by atoms with Crippen molar-refractivity contribution >= 4 is 44.1 Å². The smallest absolute Gasteiger partial charge is 0.154 e. The van der Waals surface area contributed by atoms with Gasteiger partial charge in [-0.2, -0.15) is 5.10 Å². The van der Waals surface area contributed by atoms with Crippen LogP contribution < -0.4 is 9.47 Å². The molecule has 0 bridgehead atoms. The van der Waals surface area contributed by atoms with Crippen molar-refractivity contribution in [2.75, 3.05) is 7.11 Å². The van der Waals surface area contributed by atoms with E-state index in [1.54, 1.807) is 23.0 Å². The number of ether oxygens (including phenoxy) is 2. The molecule has 10 heteroatoms. The van der Waals surface area contributed by atoms with Gasteiger partial charge >= 0.3 is 0 Å². The van der Waals surface area contributed by atoms with E-state index in [0.717, 1.165) is 60.5 Å². The summed E-state index contributed by atoms with van der Waals surface area (Å²) in [5.41, 5.74) is 5.85. The van der Waals surface area contributed by atoms with E-state index in [2.05, 4.69) is 23.6 Å². The molecule has 0 unspecified atom stereocenters. The largest absolute Gasteiger partial charge is 0.508 e. The maximum Gasteiger partial charge on any atom is 0.154 e. The lowest BCUT2D eigenvalue weighted by molar-refractivity contribution is 0.304. The Bertz CT molecular complexity index is 1710. The molecule has 194 valence electrons. The number of nitrogens with zero attached hydrogens (tertiary/aromatic N) is 5. The van der Waals surface area contributed by atoms with Crippen molar-refractivity contribution in [1.82, 2.24) is 24.6 Å². The van der Waals surface area contributed by atoms with Crippen molar-refractivity contribution in [1.29, 1.82) is 0 Å². The normalized spacial score (nSPS) is 12.4. The van der Waals surface area contributed by atoms with Crippen LogP contribution in [0.4, 0.5) is 0 Å². The van der Waals surface area contributed by atoms with Crippen LogP contribution in [0.3, 0.4) is 0 Å². The summed E-state index contributed by atoms with van der Waals surface area (Å²) in [4.78, 5) is 14.3. The van der Waals surface area contributed by atoms with Gasteiger partial charge in [-0.1, -0.05) is 25.7 Å². The number of hydrogen-bond donors (Lipinski definition) is 1. The maximum absolute atomic E-state index is 9.54. The van der Waals surface area contributed by atoms with E-state index < -0.39 is 0 Å². The molecule has 1 aromatic carbocycles. The number of benzene rings is 1. The van der Waals surface area contributed by atoms with Crippen molar-refractivity contribution in [3.63, 3.8) is 0 Å². The Morgan fingerprint density at radius 1 is 1.18 bits per heavy atom. The molecule has 8 nitrogen and oxygen atoms in total. The fourth-order valence-corrected chi connectivity index (χ4v) is 5.60. The zero-order valence-corrected chi connectivity index (χ0v) is 23.2. The summed E-state index contributed by atoms with van der Waals surface area (Å²) in [5.74, 6) is 1.41. The molecule has 0 fully saturated rings. The highest BCUT2D eigenvalue weighted by molar-refractivity contribution is 7.22. The lowest BCUT2D eigenvalue weighted by Gasteiger charge is -2.07. The number of hydrogen-bond acceptors (Lipinski definition) is 9. The van der Waals surface area contributed by atoms with E-state index in [-0.39, 0.29) is 5.76 Å². The third-order valence-electron chi connectivity index (χ3n) is 5.91. The van der Waals surface area contributed by atoms with E-state index in [1.807, 2.05) is 61.8 Å². The van der Waals surface area contributed by atoms with Crippen LogP contribution in [0.25, 0.3) is 32.1 Å². The van der Waals surface area contributed by atoms with Gasteiger partial charge in [0.25, 0.3) is 0 Å². The fourth-order valence-electron chi connectivity index (χ4n) is 3.73. The second-order valence-electron chi connectivity index (χ2n) is 8.67. The van der Waals surface area contributed by atoms with Gasteiger partial charge in [0.15, 0.2) is 5.65 Å². The number of aryl methyl sites for hydroxylation is 1. The molecule has 0 spiro atoms. The molecule has 0 atom stereocenters. The van der Waals surface area contributed by atoms with Gasteiger partial charge in [-0.05, 0) is 43.5 Å². The van der Waals surface area contributed by atoms with E-state index in [9.17, 15) is 5.11 Å². The van der Waals surface area contributed by atoms with Gasteiger partial charge in [0, 0.05) is 17.5 Å². The molecule has 0 aliphatic heterocycles. The highest BCUT2D eigenvalue weighted by Crippen LogP contribution is 2.39. The number of imidazole rings is 1. The summed E-state index contributed by atoms with van der Waals surface area (Å²) >= 11 is 3.09. The minimum atomic E-state index is 0.0636. The minimum Gasteiger partial charge on any atom is -0.508 e. The summed E-state index contributed by atoms with van der Waals surface area (Å²) in [6, 6.07) is 7.65. The lowest BCUT2D eigenvalue weighted by Crippen LogP contribution is -1.97. The van der Waals surface area contributed by atoms with Crippen molar-refractivity contribution in [3.8, 4) is 22.2 Å². The van der Waals surface area contributed by atoms with E-state index in [1.165, 1.54) is 11.3 Å². The van der Waals surface area contributed by atoms with Gasteiger partial charge in [-0.15, -0.1) is 22.7 Å². The average molecular weight is 546 g/mol. The van der Waals surface area contributed by atoms with Crippen LogP contribution in [0, 0.1) is 6.92 Å². The van der Waals surface area contributed by atoms with Crippen LogP contribution >= 0.6 is 22.7 Å². The summed E-state index contributed by atoms with van der Waals surface area (Å²) in [7, 11) is 1.63. The summed E-state index contributed by atoms with van der Waals surface area (Å²) < 4.78 is 14.4. The minimum absolute atomic E-state index is 0.0636. The first kappa shape index (κ1) is 25.6. The molecule has 0 amide bonds. The monoisotopic (exact) mass is 545 g/mol. The van der Waals surface area contributed by atoms with Crippen molar-refractivity contribution in [2.45, 2.75) is 33.8 Å². The summed E-state index contributed by atoms with van der Waals surface area (Å²) in [5, 5.41) is 17.7. The average Bonchev–Trinajstić information content (AvgIpc) is 3.65. The van der Waals surface area contributed by atoms with E-state index >= 15 is 0 Å². The lowest BCUT2D eigenvalue weighted by atomic mass is 10.1. The first-order valence-corrected chi connectivity index (χ1v) is 13.7. The molecule has 0 radical (unpaired) electrons. The van der Waals surface area contributed by atoms with Crippen LogP contribution in [0.1, 0.15) is 36.7 Å². The van der Waals surface area contributed by atoms with Gasteiger partial charge in [0.2, 0.25) is 0 Å². The van der Waals surface area contributed by atoms with Crippen molar-refractivity contribution in [2.24, 2.45) is 0 Å². The molecular formula is C28H27N5O3S2. The van der Waals surface area contributed by atoms with Crippen LogP contribution in [0.5, 0.6) is 11.5 Å². The van der Waals surface area contributed by atoms with Gasteiger partial charge in [-0.3, -0.25) is 0 Å². The molecule has 4 aromatic heterocycles. The number of fused-ring (bicyclic) bond motifs is 2. The van der Waals surface area contributed by atoms with Gasteiger partial charge in [0.05, 0.1) is 34.9 Å². The Morgan fingerprint density at radius 3 is 2.79 bits per heavy atom. The molecule has 38 heavy (non-hydrogen) atoms. The van der Waals surface area contributed by atoms with E-state index in [0.29, 0.717) is 18.1 Å². The molecule has 5 aromatic rings. The van der Waals surface area contributed by atoms with E-state index in [4.69, 9.17) is 19.4 Å². The highest BCUT2D eigenvalue weighted by Gasteiger charge is 2.16. The molecule has 0 aliphatic carbocycles. The SMILES string of the molecule is C=C(O)/C(C)=C/C=C(\CC)c1nc(COc2cc(OC)cc3nc(-c4cn5nc(C)ccc5n4)sc23)cs1. The van der Waals surface area contributed by atoms with Crippen LogP contribution in [0.2, 0.25) is 0 Å². The highest BCUT2D eigenvalue weighted by atomic mass is 32.1. The number of aliphatic hydroxyl groups is 1. The Kier molecular flexibility index (Phi) is 7.26. The van der Waals surface area contributed by atoms with Gasteiger partial charge in [-0.25, -0.2) is 19.5 Å². The quantitative estimate of drug-likeness (QED) is 0.155. The molecule has 0 saturated heterocycles. The molecule has 1 N–H and O–H groups in total.